The first-order valence-corrected chi connectivity index (χ1v) is 10.7. The van der Waals surface area contributed by atoms with Gasteiger partial charge in [0.1, 0.15) is 0 Å². The van der Waals surface area contributed by atoms with Crippen LogP contribution in [0.15, 0.2) is 59.5 Å². The summed E-state index contributed by atoms with van der Waals surface area (Å²) in [5.41, 5.74) is 1.18. The Morgan fingerprint density at radius 1 is 1.07 bits per heavy atom. The van der Waals surface area contributed by atoms with Gasteiger partial charge in [-0.05, 0) is 29.7 Å². The van der Waals surface area contributed by atoms with Crippen molar-refractivity contribution in [2.75, 3.05) is 13.1 Å². The van der Waals surface area contributed by atoms with Crippen LogP contribution in [0.4, 0.5) is 0 Å². The number of nitrogens with one attached hydrogen (secondary N) is 2. The van der Waals surface area contributed by atoms with Gasteiger partial charge in [-0.15, -0.1) is 0 Å². The molecule has 0 aliphatic carbocycles. The van der Waals surface area contributed by atoms with Crippen LogP contribution >= 0.6 is 11.6 Å². The lowest BCUT2D eigenvalue weighted by molar-refractivity contribution is -0.121. The first-order chi connectivity index (χ1) is 12.8. The van der Waals surface area contributed by atoms with Crippen LogP contribution in [0.1, 0.15) is 31.7 Å². The summed E-state index contributed by atoms with van der Waals surface area (Å²) in [7, 11) is -3.68. The molecule has 5 nitrogen and oxygen atoms in total. The van der Waals surface area contributed by atoms with Crippen LogP contribution in [0.25, 0.3) is 0 Å². The van der Waals surface area contributed by atoms with Gasteiger partial charge in [0.15, 0.2) is 0 Å². The van der Waals surface area contributed by atoms with E-state index in [2.05, 4.69) is 36.0 Å². The number of rotatable bonds is 9. The molecule has 2 N–H and O–H groups in total. The SMILES string of the molecule is CC(C)C(CNC(=O)CCNS(=O)(=O)c1cccc(Cl)c1)c1ccccc1. The number of sulfonamides is 1. The van der Waals surface area contributed by atoms with E-state index >= 15 is 0 Å². The molecule has 0 aliphatic heterocycles. The Hall–Kier alpha value is -1.89. The molecule has 0 saturated heterocycles. The van der Waals surface area contributed by atoms with Crippen molar-refractivity contribution in [1.82, 2.24) is 10.0 Å². The van der Waals surface area contributed by atoms with E-state index in [1.807, 2.05) is 18.2 Å². The van der Waals surface area contributed by atoms with Crippen molar-refractivity contribution >= 4 is 27.5 Å². The molecule has 0 spiro atoms. The summed E-state index contributed by atoms with van der Waals surface area (Å²) in [5, 5.41) is 3.25. The third kappa shape index (κ3) is 6.65. The zero-order valence-corrected chi connectivity index (χ0v) is 17.1. The van der Waals surface area contributed by atoms with E-state index < -0.39 is 10.0 Å². The first-order valence-electron chi connectivity index (χ1n) is 8.86. The Morgan fingerprint density at radius 3 is 2.41 bits per heavy atom. The van der Waals surface area contributed by atoms with E-state index in [1.165, 1.54) is 17.7 Å². The van der Waals surface area contributed by atoms with Gasteiger partial charge in [0.05, 0.1) is 4.90 Å². The second-order valence-electron chi connectivity index (χ2n) is 6.67. The highest BCUT2D eigenvalue weighted by molar-refractivity contribution is 7.89. The predicted octanol–water partition coefficient (Wildman–Crippen LogP) is 3.56. The maximum Gasteiger partial charge on any atom is 0.240 e. The summed E-state index contributed by atoms with van der Waals surface area (Å²) in [4.78, 5) is 12.2. The van der Waals surface area contributed by atoms with Crippen molar-refractivity contribution in [3.05, 3.63) is 65.2 Å². The molecule has 0 saturated carbocycles. The summed E-state index contributed by atoms with van der Waals surface area (Å²) in [6.45, 7) is 4.77. The van der Waals surface area contributed by atoms with Crippen molar-refractivity contribution in [3.63, 3.8) is 0 Å². The minimum Gasteiger partial charge on any atom is -0.355 e. The van der Waals surface area contributed by atoms with Crippen molar-refractivity contribution in [2.24, 2.45) is 5.92 Å². The molecule has 146 valence electrons. The maximum atomic E-state index is 12.2. The molecule has 27 heavy (non-hydrogen) atoms. The molecule has 1 atom stereocenters. The fraction of sp³-hybridized carbons (Fsp3) is 0.350. The zero-order chi connectivity index (χ0) is 19.9. The number of amides is 1. The van der Waals surface area contributed by atoms with Gasteiger partial charge in [0.2, 0.25) is 15.9 Å². The molecule has 1 unspecified atom stereocenters. The highest BCUT2D eigenvalue weighted by Gasteiger charge is 2.17. The van der Waals surface area contributed by atoms with Gasteiger partial charge in [-0.2, -0.15) is 0 Å². The molecule has 2 rings (SSSR count). The highest BCUT2D eigenvalue weighted by Crippen LogP contribution is 2.23. The number of carbonyl (C=O) groups excluding carboxylic acids is 1. The van der Waals surface area contributed by atoms with Crippen molar-refractivity contribution in [2.45, 2.75) is 31.1 Å². The van der Waals surface area contributed by atoms with E-state index in [4.69, 9.17) is 11.6 Å². The van der Waals surface area contributed by atoms with Crippen molar-refractivity contribution in [3.8, 4) is 0 Å². The second-order valence-corrected chi connectivity index (χ2v) is 8.87. The molecule has 0 radical (unpaired) electrons. The number of halogens is 1. The largest absolute Gasteiger partial charge is 0.355 e. The Balaban J connectivity index is 1.83. The van der Waals surface area contributed by atoms with Gasteiger partial charge in [-0.1, -0.05) is 61.8 Å². The van der Waals surface area contributed by atoms with Gasteiger partial charge in [-0.25, -0.2) is 13.1 Å². The normalized spacial score (nSPS) is 12.7. The Morgan fingerprint density at radius 2 is 1.78 bits per heavy atom. The molecule has 1 amide bonds. The van der Waals surface area contributed by atoms with Gasteiger partial charge in [0.25, 0.3) is 0 Å². The van der Waals surface area contributed by atoms with E-state index in [0.717, 1.165) is 0 Å². The minimum absolute atomic E-state index is 0.0262. The Kier molecular flexibility index (Phi) is 7.83. The van der Waals surface area contributed by atoms with Crippen LogP contribution in [-0.2, 0) is 14.8 Å². The summed E-state index contributed by atoms with van der Waals surface area (Å²) < 4.78 is 26.8. The third-order valence-electron chi connectivity index (χ3n) is 4.30. The number of benzene rings is 2. The van der Waals surface area contributed by atoms with E-state index in [1.54, 1.807) is 12.1 Å². The molecule has 2 aromatic carbocycles. The molecule has 0 bridgehead atoms. The molecular weight excluding hydrogens is 384 g/mol. The molecule has 0 aliphatic rings. The number of hydrogen-bond donors (Lipinski definition) is 2. The summed E-state index contributed by atoms with van der Waals surface area (Å²) in [5.74, 6) is 0.387. The molecule has 0 heterocycles. The summed E-state index contributed by atoms with van der Waals surface area (Å²) in [6, 6.07) is 16.0. The van der Waals surface area contributed by atoms with E-state index in [-0.39, 0.29) is 29.7 Å². The van der Waals surface area contributed by atoms with Crippen LogP contribution in [0, 0.1) is 5.92 Å². The van der Waals surface area contributed by atoms with Gasteiger partial charge < -0.3 is 5.32 Å². The van der Waals surface area contributed by atoms with Gasteiger partial charge in [0, 0.05) is 30.5 Å². The third-order valence-corrected chi connectivity index (χ3v) is 6.00. The zero-order valence-electron chi connectivity index (χ0n) is 15.5. The lowest BCUT2D eigenvalue weighted by Gasteiger charge is -2.22. The standard InChI is InChI=1S/C20H25ClN2O3S/c1-15(2)19(16-7-4-3-5-8-16)14-22-20(24)11-12-23-27(25,26)18-10-6-9-17(21)13-18/h3-10,13,15,19,23H,11-12,14H2,1-2H3,(H,22,24). The van der Waals surface area contributed by atoms with Gasteiger partial charge >= 0.3 is 0 Å². The number of hydrogen-bond acceptors (Lipinski definition) is 3. The highest BCUT2D eigenvalue weighted by atomic mass is 35.5. The van der Waals surface area contributed by atoms with Crippen LogP contribution in [0.5, 0.6) is 0 Å². The minimum atomic E-state index is -3.68. The van der Waals surface area contributed by atoms with Crippen LogP contribution in [-0.4, -0.2) is 27.4 Å². The quantitative estimate of drug-likeness (QED) is 0.666. The number of carbonyl (C=O) groups is 1. The van der Waals surface area contributed by atoms with E-state index in [0.29, 0.717) is 17.5 Å². The molecule has 0 fully saturated rings. The molecular formula is C20H25ClN2O3S. The van der Waals surface area contributed by atoms with Crippen LogP contribution in [0.2, 0.25) is 5.02 Å². The molecule has 0 aromatic heterocycles. The average molecular weight is 409 g/mol. The Labute approximate surface area is 166 Å². The molecule has 2 aromatic rings. The molecule has 7 heteroatoms. The maximum absolute atomic E-state index is 12.2. The monoisotopic (exact) mass is 408 g/mol. The predicted molar refractivity (Wildman–Crippen MR) is 108 cm³/mol. The van der Waals surface area contributed by atoms with E-state index in [9.17, 15) is 13.2 Å². The first kappa shape index (κ1) is 21.4. The Bertz CT molecular complexity index is 855. The second kappa shape index (κ2) is 9.88. The van der Waals surface area contributed by atoms with Crippen LogP contribution in [0.3, 0.4) is 0 Å². The lowest BCUT2D eigenvalue weighted by Crippen LogP contribution is -2.33. The summed E-state index contributed by atoms with van der Waals surface area (Å²) in [6.07, 6.45) is 0.0688. The lowest BCUT2D eigenvalue weighted by atomic mass is 9.88. The fourth-order valence-corrected chi connectivity index (χ4v) is 4.10. The van der Waals surface area contributed by atoms with Crippen LogP contribution < -0.4 is 10.0 Å². The van der Waals surface area contributed by atoms with Gasteiger partial charge in [-0.3, -0.25) is 4.79 Å². The van der Waals surface area contributed by atoms with Crippen molar-refractivity contribution in [1.29, 1.82) is 0 Å². The average Bonchev–Trinajstić information content (AvgIpc) is 2.62. The topological polar surface area (TPSA) is 75.3 Å². The fourth-order valence-electron chi connectivity index (χ4n) is 2.77. The summed E-state index contributed by atoms with van der Waals surface area (Å²) >= 11 is 5.83. The smallest absolute Gasteiger partial charge is 0.240 e. The van der Waals surface area contributed by atoms with Crippen molar-refractivity contribution < 1.29 is 13.2 Å².